The number of amides is 1. The molecule has 0 saturated carbocycles. The lowest BCUT2D eigenvalue weighted by Gasteiger charge is -2.13. The first-order valence-electron chi connectivity index (χ1n) is 6.18. The Morgan fingerprint density at radius 3 is 2.83 bits per heavy atom. The topological polar surface area (TPSA) is 77.2 Å². The van der Waals surface area contributed by atoms with Crippen LogP contribution >= 0.6 is 0 Å². The van der Waals surface area contributed by atoms with Crippen LogP contribution in [0.1, 0.15) is 25.3 Å². The lowest BCUT2D eigenvalue weighted by atomic mass is 10.0. The summed E-state index contributed by atoms with van der Waals surface area (Å²) in [5, 5.41) is 2.87. The van der Waals surface area contributed by atoms with Gasteiger partial charge in [0.15, 0.2) is 0 Å². The van der Waals surface area contributed by atoms with Crippen LogP contribution in [0.5, 0.6) is 5.88 Å². The highest BCUT2D eigenvalue weighted by Crippen LogP contribution is 2.08. The molecule has 0 aromatic carbocycles. The summed E-state index contributed by atoms with van der Waals surface area (Å²) in [5.74, 6) is 0.479. The van der Waals surface area contributed by atoms with Crippen LogP contribution in [0.4, 0.5) is 0 Å². The molecule has 0 radical (unpaired) electrons. The molecule has 1 amide bonds. The normalized spacial score (nSPS) is 11.9. The van der Waals surface area contributed by atoms with Gasteiger partial charge >= 0.3 is 0 Å². The van der Waals surface area contributed by atoms with Gasteiger partial charge in [0, 0.05) is 25.4 Å². The number of ether oxygens (including phenoxy) is 1. The van der Waals surface area contributed by atoms with Crippen molar-refractivity contribution in [1.82, 2.24) is 10.3 Å². The minimum Gasteiger partial charge on any atom is -0.481 e. The molecule has 1 unspecified atom stereocenters. The van der Waals surface area contributed by atoms with E-state index in [-0.39, 0.29) is 11.8 Å². The highest BCUT2D eigenvalue weighted by atomic mass is 16.5. The fraction of sp³-hybridized carbons (Fsp3) is 0.538. The second kappa shape index (κ2) is 7.66. The lowest BCUT2D eigenvalue weighted by Crippen LogP contribution is -2.34. The zero-order valence-corrected chi connectivity index (χ0v) is 11.0. The standard InChI is InChI=1S/C13H21N3O2/c1-3-4-11(7-14)13(17)16-9-10-5-6-12(18-2)15-8-10/h5-6,8,11H,3-4,7,9,14H2,1-2H3,(H,16,17). The second-order valence-corrected chi connectivity index (χ2v) is 4.15. The van der Waals surface area contributed by atoms with Crippen molar-refractivity contribution in [3.05, 3.63) is 23.9 Å². The van der Waals surface area contributed by atoms with Crippen LogP contribution in [0.3, 0.4) is 0 Å². The van der Waals surface area contributed by atoms with Crippen LogP contribution in [0, 0.1) is 5.92 Å². The van der Waals surface area contributed by atoms with Crippen molar-refractivity contribution in [1.29, 1.82) is 0 Å². The highest BCUT2D eigenvalue weighted by molar-refractivity contribution is 5.78. The molecule has 1 heterocycles. The number of nitrogens with one attached hydrogen (secondary N) is 1. The van der Waals surface area contributed by atoms with Gasteiger partial charge in [-0.2, -0.15) is 0 Å². The van der Waals surface area contributed by atoms with Crippen LogP contribution in [0.15, 0.2) is 18.3 Å². The molecule has 18 heavy (non-hydrogen) atoms. The first-order valence-corrected chi connectivity index (χ1v) is 6.18. The van der Waals surface area contributed by atoms with Crippen LogP contribution < -0.4 is 15.8 Å². The minimum absolute atomic E-state index is 0.00941. The monoisotopic (exact) mass is 251 g/mol. The van der Waals surface area contributed by atoms with Gasteiger partial charge in [-0.15, -0.1) is 0 Å². The highest BCUT2D eigenvalue weighted by Gasteiger charge is 2.14. The first-order chi connectivity index (χ1) is 8.71. The minimum atomic E-state index is -0.0961. The Bertz CT molecular complexity index is 365. The fourth-order valence-electron chi connectivity index (χ4n) is 1.67. The molecule has 1 aromatic rings. The van der Waals surface area contributed by atoms with Crippen LogP contribution in [0.25, 0.3) is 0 Å². The molecule has 100 valence electrons. The van der Waals surface area contributed by atoms with Crippen molar-refractivity contribution < 1.29 is 9.53 Å². The van der Waals surface area contributed by atoms with Crippen LogP contribution in [0.2, 0.25) is 0 Å². The third-order valence-corrected chi connectivity index (χ3v) is 2.77. The van der Waals surface area contributed by atoms with Crippen molar-refractivity contribution in [2.24, 2.45) is 11.7 Å². The third-order valence-electron chi connectivity index (χ3n) is 2.77. The van der Waals surface area contributed by atoms with Crippen molar-refractivity contribution in [2.75, 3.05) is 13.7 Å². The molecule has 1 atom stereocenters. The molecule has 1 rings (SSSR count). The number of nitrogens with two attached hydrogens (primary N) is 1. The summed E-state index contributed by atoms with van der Waals surface area (Å²) in [6, 6.07) is 3.65. The van der Waals surface area contributed by atoms with Gasteiger partial charge in [0.25, 0.3) is 0 Å². The molecule has 0 spiro atoms. The number of methoxy groups -OCH3 is 1. The Balaban J connectivity index is 2.45. The van der Waals surface area contributed by atoms with Gasteiger partial charge in [0.2, 0.25) is 11.8 Å². The molecule has 0 saturated heterocycles. The SMILES string of the molecule is CCCC(CN)C(=O)NCc1ccc(OC)nc1. The predicted octanol–water partition coefficient (Wildman–Crippen LogP) is 1.08. The van der Waals surface area contributed by atoms with Crippen molar-refractivity contribution in [3.63, 3.8) is 0 Å². The van der Waals surface area contributed by atoms with E-state index >= 15 is 0 Å². The molecule has 3 N–H and O–H groups in total. The lowest BCUT2D eigenvalue weighted by molar-refractivity contribution is -0.125. The maximum atomic E-state index is 11.8. The average molecular weight is 251 g/mol. The average Bonchev–Trinajstić information content (AvgIpc) is 2.42. The van der Waals surface area contributed by atoms with Gasteiger partial charge in [0.05, 0.1) is 13.0 Å². The Kier molecular flexibility index (Phi) is 6.14. The van der Waals surface area contributed by atoms with Crippen molar-refractivity contribution in [3.8, 4) is 5.88 Å². The van der Waals surface area contributed by atoms with E-state index in [1.165, 1.54) is 0 Å². The predicted molar refractivity (Wildman–Crippen MR) is 70.1 cm³/mol. The Morgan fingerprint density at radius 1 is 1.56 bits per heavy atom. The summed E-state index contributed by atoms with van der Waals surface area (Å²) in [7, 11) is 1.57. The quantitative estimate of drug-likeness (QED) is 0.760. The number of carbonyl (C=O) groups excluding carboxylic acids is 1. The molecule has 0 fully saturated rings. The van der Waals surface area contributed by atoms with Gasteiger partial charge in [-0.3, -0.25) is 4.79 Å². The molecule has 5 heteroatoms. The van der Waals surface area contributed by atoms with E-state index in [0.717, 1.165) is 18.4 Å². The van der Waals surface area contributed by atoms with Gasteiger partial charge in [-0.25, -0.2) is 4.98 Å². The number of hydrogen-bond acceptors (Lipinski definition) is 4. The molecule has 1 aromatic heterocycles. The summed E-state index contributed by atoms with van der Waals surface area (Å²) >= 11 is 0. The van der Waals surface area contributed by atoms with Gasteiger partial charge in [-0.1, -0.05) is 19.4 Å². The van der Waals surface area contributed by atoms with Crippen molar-refractivity contribution in [2.45, 2.75) is 26.3 Å². The van der Waals surface area contributed by atoms with E-state index in [1.54, 1.807) is 19.4 Å². The Morgan fingerprint density at radius 2 is 2.33 bits per heavy atom. The molecule has 0 bridgehead atoms. The van der Waals surface area contributed by atoms with E-state index in [9.17, 15) is 4.79 Å². The largest absolute Gasteiger partial charge is 0.481 e. The summed E-state index contributed by atoms with van der Waals surface area (Å²) in [6.07, 6.45) is 3.47. The summed E-state index contributed by atoms with van der Waals surface area (Å²) in [4.78, 5) is 15.9. The van der Waals surface area contributed by atoms with E-state index < -0.39 is 0 Å². The zero-order chi connectivity index (χ0) is 13.4. The smallest absolute Gasteiger partial charge is 0.224 e. The third kappa shape index (κ3) is 4.33. The molecule has 0 aliphatic heterocycles. The molecular weight excluding hydrogens is 230 g/mol. The Hall–Kier alpha value is -1.62. The number of pyridine rings is 1. The molecule has 0 aliphatic rings. The number of carbonyl (C=O) groups is 1. The van der Waals surface area contributed by atoms with Gasteiger partial charge in [-0.05, 0) is 12.0 Å². The van der Waals surface area contributed by atoms with Gasteiger partial charge < -0.3 is 15.8 Å². The fourth-order valence-corrected chi connectivity index (χ4v) is 1.67. The van der Waals surface area contributed by atoms with E-state index in [2.05, 4.69) is 10.3 Å². The molecule has 5 nitrogen and oxygen atoms in total. The van der Waals surface area contributed by atoms with E-state index in [4.69, 9.17) is 10.5 Å². The number of nitrogens with zero attached hydrogens (tertiary/aromatic N) is 1. The summed E-state index contributed by atoms with van der Waals surface area (Å²) in [6.45, 7) is 2.90. The van der Waals surface area contributed by atoms with E-state index in [1.807, 2.05) is 13.0 Å². The first kappa shape index (κ1) is 14.4. The zero-order valence-electron chi connectivity index (χ0n) is 11.0. The van der Waals surface area contributed by atoms with E-state index in [0.29, 0.717) is 19.0 Å². The number of aromatic nitrogens is 1. The van der Waals surface area contributed by atoms with Crippen LogP contribution in [-0.2, 0) is 11.3 Å². The Labute approximate surface area is 108 Å². The second-order valence-electron chi connectivity index (χ2n) is 4.15. The van der Waals surface area contributed by atoms with Gasteiger partial charge in [0.1, 0.15) is 0 Å². The maximum absolute atomic E-state index is 11.8. The summed E-state index contributed by atoms with van der Waals surface area (Å²) in [5.41, 5.74) is 6.52. The maximum Gasteiger partial charge on any atom is 0.224 e. The van der Waals surface area contributed by atoms with Crippen molar-refractivity contribution >= 4 is 5.91 Å². The molecular formula is C13H21N3O2. The number of rotatable bonds is 7. The van der Waals surface area contributed by atoms with Crippen LogP contribution in [-0.4, -0.2) is 24.5 Å². The summed E-state index contributed by atoms with van der Waals surface area (Å²) < 4.78 is 4.97. The number of hydrogen-bond donors (Lipinski definition) is 2. The molecule has 0 aliphatic carbocycles.